The number of hydrogen-bond donors (Lipinski definition) is 0. The molecule has 1 heterocycles. The van der Waals surface area contributed by atoms with Crippen molar-refractivity contribution in [1.82, 2.24) is 4.90 Å². The van der Waals surface area contributed by atoms with Crippen LogP contribution >= 0.6 is 0 Å². The smallest absolute Gasteiger partial charge is 0.355 e. The van der Waals surface area contributed by atoms with Crippen molar-refractivity contribution in [3.8, 4) is 0 Å². The van der Waals surface area contributed by atoms with Gasteiger partial charge in [-0.2, -0.15) is 0 Å². The topological polar surface area (TPSA) is 55.8 Å². The molecule has 0 N–H and O–H groups in total. The third-order valence-electron chi connectivity index (χ3n) is 3.59. The fourth-order valence-corrected chi connectivity index (χ4v) is 2.39. The summed E-state index contributed by atoms with van der Waals surface area (Å²) in [4.78, 5) is 25.9. The maximum absolute atomic E-state index is 12.1. The van der Waals surface area contributed by atoms with Crippen molar-refractivity contribution >= 4 is 11.9 Å². The molecule has 21 heavy (non-hydrogen) atoms. The molecule has 0 spiro atoms. The number of nitrogens with zero attached hydrogens (tertiary/aromatic N) is 1. The summed E-state index contributed by atoms with van der Waals surface area (Å²) in [6.45, 7) is 4.70. The lowest BCUT2D eigenvalue weighted by Crippen LogP contribution is -2.33. The molecule has 0 aromatic rings. The number of carbonyl (C=O) groups excluding carboxylic acids is 2. The second-order valence-electron chi connectivity index (χ2n) is 5.13. The van der Waals surface area contributed by atoms with Gasteiger partial charge in [0.1, 0.15) is 5.70 Å². The first-order chi connectivity index (χ1) is 10.1. The molecule has 0 fully saturated rings. The Balaban J connectivity index is 3.00. The lowest BCUT2D eigenvalue weighted by molar-refractivity contribution is -0.141. The van der Waals surface area contributed by atoms with Gasteiger partial charge in [0.15, 0.2) is 0 Å². The van der Waals surface area contributed by atoms with Gasteiger partial charge in [-0.3, -0.25) is 0 Å². The van der Waals surface area contributed by atoms with Crippen LogP contribution in [0.3, 0.4) is 0 Å². The summed E-state index contributed by atoms with van der Waals surface area (Å²) < 4.78 is 9.65. The second-order valence-corrected chi connectivity index (χ2v) is 5.13. The van der Waals surface area contributed by atoms with Crippen molar-refractivity contribution in [2.45, 2.75) is 39.5 Å². The van der Waals surface area contributed by atoms with Crippen LogP contribution in [0.1, 0.15) is 39.5 Å². The summed E-state index contributed by atoms with van der Waals surface area (Å²) in [6.07, 6.45) is 8.13. The van der Waals surface area contributed by atoms with Crippen LogP contribution in [0.15, 0.2) is 23.5 Å². The second kappa shape index (κ2) is 8.49. The average molecular weight is 295 g/mol. The molecule has 1 rings (SSSR count). The van der Waals surface area contributed by atoms with Gasteiger partial charge in [-0.05, 0) is 6.42 Å². The standard InChI is InChI=1S/C16H25NO4/c1-5-6-7-8-10-17-11-9-12(2)13(15(18)20-3)14(17)16(19)21-4/h9,11-12H,5-8,10H2,1-4H3. The molecule has 0 saturated heterocycles. The monoisotopic (exact) mass is 295 g/mol. The van der Waals surface area contributed by atoms with Crippen LogP contribution < -0.4 is 0 Å². The van der Waals surface area contributed by atoms with Gasteiger partial charge in [0.2, 0.25) is 0 Å². The van der Waals surface area contributed by atoms with E-state index in [-0.39, 0.29) is 5.92 Å². The molecule has 1 aliphatic heterocycles. The van der Waals surface area contributed by atoms with E-state index in [1.165, 1.54) is 14.2 Å². The van der Waals surface area contributed by atoms with Crippen LogP contribution in [-0.2, 0) is 19.1 Å². The fraction of sp³-hybridized carbons (Fsp3) is 0.625. The molecule has 5 heteroatoms. The molecule has 0 aromatic heterocycles. The summed E-state index contributed by atoms with van der Waals surface area (Å²) in [5.41, 5.74) is 0.665. The number of ether oxygens (including phenoxy) is 2. The Hall–Kier alpha value is -1.78. The lowest BCUT2D eigenvalue weighted by Gasteiger charge is -2.29. The molecular weight excluding hydrogens is 270 g/mol. The molecule has 0 amide bonds. The molecular formula is C16H25NO4. The van der Waals surface area contributed by atoms with E-state index in [0.29, 0.717) is 17.8 Å². The summed E-state index contributed by atoms with van der Waals surface area (Å²) in [5.74, 6) is -1.15. The summed E-state index contributed by atoms with van der Waals surface area (Å²) in [6, 6.07) is 0. The van der Waals surface area contributed by atoms with Gasteiger partial charge in [-0.15, -0.1) is 0 Å². The quantitative estimate of drug-likeness (QED) is 0.534. The average Bonchev–Trinajstić information content (AvgIpc) is 2.50. The lowest BCUT2D eigenvalue weighted by atomic mass is 9.95. The SMILES string of the molecule is CCCCCCN1C=CC(C)C(C(=O)OC)=C1C(=O)OC. The van der Waals surface area contributed by atoms with E-state index < -0.39 is 11.9 Å². The van der Waals surface area contributed by atoms with Crippen molar-refractivity contribution in [2.24, 2.45) is 5.92 Å². The minimum absolute atomic E-state index is 0.168. The number of hydrogen-bond acceptors (Lipinski definition) is 5. The van der Waals surface area contributed by atoms with E-state index >= 15 is 0 Å². The zero-order valence-electron chi connectivity index (χ0n) is 13.3. The minimum atomic E-state index is -0.498. The van der Waals surface area contributed by atoms with Gasteiger partial charge in [0, 0.05) is 18.7 Å². The first kappa shape index (κ1) is 17.3. The normalized spacial score (nSPS) is 17.9. The highest BCUT2D eigenvalue weighted by Crippen LogP contribution is 2.27. The number of unbranched alkanes of at least 4 members (excludes halogenated alkanes) is 3. The first-order valence-corrected chi connectivity index (χ1v) is 7.42. The summed E-state index contributed by atoms with van der Waals surface area (Å²) in [5, 5.41) is 0. The zero-order valence-corrected chi connectivity index (χ0v) is 13.3. The molecule has 0 aliphatic carbocycles. The third kappa shape index (κ3) is 4.34. The van der Waals surface area contributed by atoms with Crippen molar-refractivity contribution in [1.29, 1.82) is 0 Å². The summed E-state index contributed by atoms with van der Waals surface area (Å²) in [7, 11) is 2.64. The molecule has 5 nitrogen and oxygen atoms in total. The van der Waals surface area contributed by atoms with Crippen molar-refractivity contribution in [2.75, 3.05) is 20.8 Å². The fourth-order valence-electron chi connectivity index (χ4n) is 2.39. The van der Waals surface area contributed by atoms with Gasteiger partial charge in [0.25, 0.3) is 0 Å². The van der Waals surface area contributed by atoms with E-state index in [1.807, 2.05) is 19.2 Å². The predicted molar refractivity (Wildman–Crippen MR) is 80.2 cm³/mol. The molecule has 1 aliphatic rings. The van der Waals surface area contributed by atoms with Gasteiger partial charge >= 0.3 is 11.9 Å². The molecule has 1 atom stereocenters. The molecule has 0 bridgehead atoms. The van der Waals surface area contributed by atoms with Crippen LogP contribution in [0, 0.1) is 5.92 Å². The number of methoxy groups -OCH3 is 2. The number of rotatable bonds is 7. The highest BCUT2D eigenvalue weighted by atomic mass is 16.5. The summed E-state index contributed by atoms with van der Waals surface area (Å²) >= 11 is 0. The maximum Gasteiger partial charge on any atom is 0.355 e. The zero-order chi connectivity index (χ0) is 15.8. The third-order valence-corrected chi connectivity index (χ3v) is 3.59. The minimum Gasteiger partial charge on any atom is -0.466 e. The Labute approximate surface area is 126 Å². The predicted octanol–water partition coefficient (Wildman–Crippen LogP) is 2.63. The largest absolute Gasteiger partial charge is 0.466 e. The maximum atomic E-state index is 12.1. The van der Waals surface area contributed by atoms with Gasteiger partial charge in [0.05, 0.1) is 19.8 Å². The molecule has 1 unspecified atom stereocenters. The number of esters is 2. The Morgan fingerprint density at radius 2 is 1.81 bits per heavy atom. The van der Waals surface area contributed by atoms with Crippen LogP contribution in [0.4, 0.5) is 0 Å². The van der Waals surface area contributed by atoms with Crippen LogP contribution in [-0.4, -0.2) is 37.6 Å². The Morgan fingerprint density at radius 3 is 2.38 bits per heavy atom. The Kier molecular flexibility index (Phi) is 6.99. The van der Waals surface area contributed by atoms with E-state index in [2.05, 4.69) is 6.92 Å². The number of allylic oxidation sites excluding steroid dienone is 1. The van der Waals surface area contributed by atoms with E-state index in [9.17, 15) is 9.59 Å². The van der Waals surface area contributed by atoms with E-state index in [0.717, 1.165) is 25.7 Å². The van der Waals surface area contributed by atoms with E-state index in [4.69, 9.17) is 9.47 Å². The molecule has 0 radical (unpaired) electrons. The van der Waals surface area contributed by atoms with Crippen molar-refractivity contribution in [3.05, 3.63) is 23.5 Å². The molecule has 0 saturated carbocycles. The highest BCUT2D eigenvalue weighted by molar-refractivity contribution is 6.01. The molecule has 0 aromatic carbocycles. The first-order valence-electron chi connectivity index (χ1n) is 7.42. The van der Waals surface area contributed by atoms with Crippen molar-refractivity contribution in [3.63, 3.8) is 0 Å². The van der Waals surface area contributed by atoms with Crippen LogP contribution in [0.5, 0.6) is 0 Å². The Bertz CT molecular complexity index is 440. The Morgan fingerprint density at radius 1 is 1.14 bits per heavy atom. The van der Waals surface area contributed by atoms with Gasteiger partial charge < -0.3 is 14.4 Å². The highest BCUT2D eigenvalue weighted by Gasteiger charge is 2.32. The van der Waals surface area contributed by atoms with Crippen LogP contribution in [0.2, 0.25) is 0 Å². The van der Waals surface area contributed by atoms with Crippen LogP contribution in [0.25, 0.3) is 0 Å². The van der Waals surface area contributed by atoms with Gasteiger partial charge in [-0.25, -0.2) is 9.59 Å². The van der Waals surface area contributed by atoms with Gasteiger partial charge in [-0.1, -0.05) is 39.2 Å². The van der Waals surface area contributed by atoms with E-state index in [1.54, 1.807) is 4.90 Å². The molecule has 118 valence electrons. The number of carbonyl (C=O) groups is 2. The van der Waals surface area contributed by atoms with Crippen molar-refractivity contribution < 1.29 is 19.1 Å².